The summed E-state index contributed by atoms with van der Waals surface area (Å²) in [7, 11) is 0. The van der Waals surface area contributed by atoms with Crippen molar-refractivity contribution in [3.63, 3.8) is 0 Å². The van der Waals surface area contributed by atoms with Gasteiger partial charge in [0.05, 0.1) is 6.61 Å². The summed E-state index contributed by atoms with van der Waals surface area (Å²) < 4.78 is 7.39. The standard InChI is InChI=1S/C20H21ClN4O2/c1-15-12-17(21)5-6-18(15)27-11-2-4-20(26)23-14-16-7-9-22-19(13-16)25-10-3-8-24-25/h3,5-10,12-13H,2,4,11,14H2,1H3,(H,23,26). The smallest absolute Gasteiger partial charge is 0.220 e. The first-order valence-corrected chi connectivity index (χ1v) is 9.10. The molecule has 0 unspecified atom stereocenters. The van der Waals surface area contributed by atoms with Crippen molar-refractivity contribution < 1.29 is 9.53 Å². The molecule has 3 rings (SSSR count). The van der Waals surface area contributed by atoms with Crippen LogP contribution in [0.25, 0.3) is 5.82 Å². The van der Waals surface area contributed by atoms with Crippen LogP contribution in [-0.4, -0.2) is 27.3 Å². The van der Waals surface area contributed by atoms with E-state index in [0.717, 1.165) is 22.7 Å². The van der Waals surface area contributed by atoms with Crippen LogP contribution in [0.2, 0.25) is 5.02 Å². The molecule has 27 heavy (non-hydrogen) atoms. The summed E-state index contributed by atoms with van der Waals surface area (Å²) in [6, 6.07) is 11.1. The maximum atomic E-state index is 12.0. The molecule has 0 saturated heterocycles. The number of aryl methyl sites for hydroxylation is 1. The number of nitrogens with one attached hydrogen (secondary N) is 1. The average Bonchev–Trinajstić information content (AvgIpc) is 3.20. The lowest BCUT2D eigenvalue weighted by Crippen LogP contribution is -2.23. The maximum absolute atomic E-state index is 12.0. The molecule has 1 amide bonds. The summed E-state index contributed by atoms with van der Waals surface area (Å²) in [5, 5.41) is 7.76. The first kappa shape index (κ1) is 18.9. The van der Waals surface area contributed by atoms with E-state index in [1.54, 1.807) is 23.1 Å². The van der Waals surface area contributed by atoms with Gasteiger partial charge in [-0.1, -0.05) is 11.6 Å². The van der Waals surface area contributed by atoms with Gasteiger partial charge in [-0.25, -0.2) is 9.67 Å². The molecule has 7 heteroatoms. The van der Waals surface area contributed by atoms with E-state index in [0.29, 0.717) is 31.0 Å². The Labute approximate surface area is 163 Å². The zero-order chi connectivity index (χ0) is 19.1. The zero-order valence-corrected chi connectivity index (χ0v) is 15.8. The summed E-state index contributed by atoms with van der Waals surface area (Å²) in [4.78, 5) is 16.3. The Morgan fingerprint density at radius 2 is 2.15 bits per heavy atom. The SMILES string of the molecule is Cc1cc(Cl)ccc1OCCCC(=O)NCc1ccnc(-n2cccn2)c1. The molecular weight excluding hydrogens is 364 g/mol. The minimum atomic E-state index is -0.0103. The predicted octanol–water partition coefficient (Wildman–Crippen LogP) is 3.70. The van der Waals surface area contributed by atoms with E-state index >= 15 is 0 Å². The third-order valence-corrected chi connectivity index (χ3v) is 4.22. The molecule has 0 aliphatic carbocycles. The Hall–Kier alpha value is -2.86. The van der Waals surface area contributed by atoms with Gasteiger partial charge >= 0.3 is 0 Å². The lowest BCUT2D eigenvalue weighted by atomic mass is 10.2. The van der Waals surface area contributed by atoms with Gasteiger partial charge < -0.3 is 10.1 Å². The Morgan fingerprint density at radius 1 is 1.26 bits per heavy atom. The number of nitrogens with zero attached hydrogens (tertiary/aromatic N) is 3. The summed E-state index contributed by atoms with van der Waals surface area (Å²) in [5.74, 6) is 1.50. The van der Waals surface area contributed by atoms with E-state index in [9.17, 15) is 4.79 Å². The second-order valence-corrected chi connectivity index (χ2v) is 6.55. The molecule has 0 aliphatic rings. The molecule has 1 N–H and O–H groups in total. The Kier molecular flexibility index (Phi) is 6.44. The predicted molar refractivity (Wildman–Crippen MR) is 104 cm³/mol. The Bertz CT molecular complexity index is 897. The first-order valence-electron chi connectivity index (χ1n) is 8.72. The molecule has 6 nitrogen and oxygen atoms in total. The van der Waals surface area contributed by atoms with Crippen LogP contribution in [0.4, 0.5) is 0 Å². The highest BCUT2D eigenvalue weighted by molar-refractivity contribution is 6.30. The van der Waals surface area contributed by atoms with E-state index < -0.39 is 0 Å². The van der Waals surface area contributed by atoms with Crippen LogP contribution in [0.15, 0.2) is 55.0 Å². The molecule has 1 aromatic carbocycles. The topological polar surface area (TPSA) is 69.0 Å². The van der Waals surface area contributed by atoms with Crippen molar-refractivity contribution in [1.82, 2.24) is 20.1 Å². The van der Waals surface area contributed by atoms with Gasteiger partial charge in [-0.05, 0) is 60.9 Å². The van der Waals surface area contributed by atoms with E-state index in [4.69, 9.17) is 16.3 Å². The van der Waals surface area contributed by atoms with Crippen molar-refractivity contribution in [2.24, 2.45) is 0 Å². The lowest BCUT2D eigenvalue weighted by Gasteiger charge is -2.10. The fraction of sp³-hybridized carbons (Fsp3) is 0.250. The summed E-state index contributed by atoms with van der Waals surface area (Å²) in [6.45, 7) is 2.88. The number of carbonyl (C=O) groups is 1. The van der Waals surface area contributed by atoms with Crippen LogP contribution < -0.4 is 10.1 Å². The van der Waals surface area contributed by atoms with Crippen molar-refractivity contribution in [3.8, 4) is 11.6 Å². The molecule has 0 bridgehead atoms. The summed E-state index contributed by atoms with van der Waals surface area (Å²) in [5.41, 5.74) is 1.95. The van der Waals surface area contributed by atoms with Gasteiger partial charge in [0.2, 0.25) is 5.91 Å². The third-order valence-electron chi connectivity index (χ3n) is 3.98. The van der Waals surface area contributed by atoms with Crippen molar-refractivity contribution in [2.45, 2.75) is 26.3 Å². The summed E-state index contributed by atoms with van der Waals surface area (Å²) in [6.07, 6.45) is 6.28. The van der Waals surface area contributed by atoms with Crippen molar-refractivity contribution in [2.75, 3.05) is 6.61 Å². The molecule has 0 atom stereocenters. The van der Waals surface area contributed by atoms with Crippen LogP contribution in [0.1, 0.15) is 24.0 Å². The minimum absolute atomic E-state index is 0.0103. The van der Waals surface area contributed by atoms with E-state index in [-0.39, 0.29) is 5.91 Å². The highest BCUT2D eigenvalue weighted by Gasteiger charge is 2.05. The highest BCUT2D eigenvalue weighted by Crippen LogP contribution is 2.21. The zero-order valence-electron chi connectivity index (χ0n) is 15.1. The number of amides is 1. The van der Waals surface area contributed by atoms with E-state index in [2.05, 4.69) is 15.4 Å². The molecular formula is C20H21ClN4O2. The van der Waals surface area contributed by atoms with Crippen LogP contribution in [0.5, 0.6) is 5.75 Å². The molecule has 0 saturated carbocycles. The van der Waals surface area contributed by atoms with E-state index in [1.165, 1.54) is 0 Å². The number of ether oxygens (including phenoxy) is 1. The second kappa shape index (κ2) is 9.19. The molecule has 0 spiro atoms. The number of aromatic nitrogens is 3. The van der Waals surface area contributed by atoms with Crippen LogP contribution in [0.3, 0.4) is 0 Å². The van der Waals surface area contributed by atoms with Gasteiger partial charge in [0.1, 0.15) is 5.75 Å². The average molecular weight is 385 g/mol. The highest BCUT2D eigenvalue weighted by atomic mass is 35.5. The largest absolute Gasteiger partial charge is 0.493 e. The number of hydrogen-bond donors (Lipinski definition) is 1. The van der Waals surface area contributed by atoms with Crippen molar-refractivity contribution >= 4 is 17.5 Å². The molecule has 140 valence electrons. The molecule has 2 heterocycles. The first-order chi connectivity index (χ1) is 13.1. The molecule has 0 radical (unpaired) electrons. The fourth-order valence-corrected chi connectivity index (χ4v) is 2.81. The van der Waals surface area contributed by atoms with Crippen molar-refractivity contribution in [1.29, 1.82) is 0 Å². The minimum Gasteiger partial charge on any atom is -0.493 e. The number of rotatable bonds is 8. The van der Waals surface area contributed by atoms with Crippen LogP contribution in [-0.2, 0) is 11.3 Å². The third kappa shape index (κ3) is 5.56. The fourth-order valence-electron chi connectivity index (χ4n) is 2.58. The van der Waals surface area contributed by atoms with Crippen LogP contribution >= 0.6 is 11.6 Å². The molecule has 0 fully saturated rings. The Balaban J connectivity index is 1.40. The number of hydrogen-bond acceptors (Lipinski definition) is 4. The molecule has 0 aliphatic heterocycles. The Morgan fingerprint density at radius 3 is 2.93 bits per heavy atom. The summed E-state index contributed by atoms with van der Waals surface area (Å²) >= 11 is 5.93. The number of pyridine rings is 1. The van der Waals surface area contributed by atoms with Crippen molar-refractivity contribution in [3.05, 3.63) is 71.1 Å². The van der Waals surface area contributed by atoms with Gasteiger partial charge in [0.25, 0.3) is 0 Å². The second-order valence-electron chi connectivity index (χ2n) is 6.11. The number of halogens is 1. The van der Waals surface area contributed by atoms with Gasteiger partial charge in [0.15, 0.2) is 5.82 Å². The normalized spacial score (nSPS) is 10.6. The molecule has 3 aromatic rings. The maximum Gasteiger partial charge on any atom is 0.220 e. The van der Waals surface area contributed by atoms with Crippen LogP contribution in [0, 0.1) is 6.92 Å². The lowest BCUT2D eigenvalue weighted by molar-refractivity contribution is -0.121. The van der Waals surface area contributed by atoms with Gasteiger partial charge in [0, 0.05) is 36.6 Å². The van der Waals surface area contributed by atoms with Gasteiger partial charge in [-0.15, -0.1) is 0 Å². The van der Waals surface area contributed by atoms with Gasteiger partial charge in [-0.2, -0.15) is 5.10 Å². The monoisotopic (exact) mass is 384 g/mol. The number of benzene rings is 1. The quantitative estimate of drug-likeness (QED) is 0.601. The van der Waals surface area contributed by atoms with Gasteiger partial charge in [-0.3, -0.25) is 4.79 Å². The number of carbonyl (C=O) groups excluding carboxylic acids is 1. The molecule has 2 aromatic heterocycles. The van der Waals surface area contributed by atoms with E-state index in [1.807, 2.05) is 43.5 Å².